The summed E-state index contributed by atoms with van der Waals surface area (Å²) in [6, 6.07) is 11.0. The molecule has 0 aliphatic carbocycles. The van der Waals surface area contributed by atoms with Crippen molar-refractivity contribution in [3.63, 3.8) is 0 Å². The largest absolute Gasteiger partial charge is 0.472 e. The van der Waals surface area contributed by atoms with Crippen LogP contribution in [0.25, 0.3) is 0 Å². The minimum atomic E-state index is -0.146. The van der Waals surface area contributed by atoms with Gasteiger partial charge in [0, 0.05) is 30.3 Å². The van der Waals surface area contributed by atoms with Gasteiger partial charge in [-0.25, -0.2) is 4.98 Å². The number of carbonyl (C=O) groups excluding carboxylic acids is 1. The smallest absolute Gasteiger partial charge is 0.252 e. The van der Waals surface area contributed by atoms with Crippen LogP contribution in [-0.4, -0.2) is 36.8 Å². The van der Waals surface area contributed by atoms with E-state index in [1.54, 1.807) is 12.1 Å². The fourth-order valence-corrected chi connectivity index (χ4v) is 2.56. The first-order chi connectivity index (χ1) is 11.7. The molecule has 1 unspecified atom stereocenters. The van der Waals surface area contributed by atoms with Gasteiger partial charge in [0.1, 0.15) is 6.10 Å². The van der Waals surface area contributed by atoms with Crippen LogP contribution in [0.3, 0.4) is 0 Å². The van der Waals surface area contributed by atoms with Crippen molar-refractivity contribution in [1.29, 1.82) is 0 Å². The molecule has 24 heavy (non-hydrogen) atoms. The molecule has 1 fully saturated rings. The Morgan fingerprint density at radius 2 is 2.12 bits per heavy atom. The molecule has 1 aromatic heterocycles. The van der Waals surface area contributed by atoms with E-state index in [0.717, 1.165) is 25.0 Å². The van der Waals surface area contributed by atoms with Crippen LogP contribution in [0, 0.1) is 0 Å². The number of carbonyl (C=O) groups is 1. The Kier molecular flexibility index (Phi) is 5.67. The average Bonchev–Trinajstić information content (AvgIpc) is 3.10. The summed E-state index contributed by atoms with van der Waals surface area (Å²) in [4.78, 5) is 16.3. The summed E-state index contributed by atoms with van der Waals surface area (Å²) >= 11 is 5.85. The standard InChI is InChI=1S/C18H19ClN2O3/c19-15-4-1-13(2-5-15)7-9-20-18(22)14-3-6-17(21-11-14)24-16-8-10-23-12-16/h1-6,11,16H,7-10,12H2,(H,20,22). The summed E-state index contributed by atoms with van der Waals surface area (Å²) in [5, 5.41) is 3.59. The maximum atomic E-state index is 12.1. The molecule has 1 aliphatic rings. The highest BCUT2D eigenvalue weighted by molar-refractivity contribution is 6.30. The van der Waals surface area contributed by atoms with E-state index in [9.17, 15) is 4.79 Å². The first-order valence-electron chi connectivity index (χ1n) is 7.94. The number of ether oxygens (including phenoxy) is 2. The van der Waals surface area contributed by atoms with Crippen molar-refractivity contribution < 1.29 is 14.3 Å². The Labute approximate surface area is 145 Å². The predicted molar refractivity (Wildman–Crippen MR) is 91.6 cm³/mol. The molecule has 3 rings (SSSR count). The maximum absolute atomic E-state index is 12.1. The van der Waals surface area contributed by atoms with Gasteiger partial charge in [-0.3, -0.25) is 4.79 Å². The van der Waals surface area contributed by atoms with Gasteiger partial charge < -0.3 is 14.8 Å². The highest BCUT2D eigenvalue weighted by Crippen LogP contribution is 2.14. The van der Waals surface area contributed by atoms with E-state index < -0.39 is 0 Å². The van der Waals surface area contributed by atoms with Gasteiger partial charge in [0.15, 0.2) is 0 Å². The number of amides is 1. The van der Waals surface area contributed by atoms with Crippen LogP contribution in [0.4, 0.5) is 0 Å². The summed E-state index contributed by atoms with van der Waals surface area (Å²) in [7, 11) is 0. The van der Waals surface area contributed by atoms with Crippen LogP contribution in [0.15, 0.2) is 42.6 Å². The van der Waals surface area contributed by atoms with E-state index in [0.29, 0.717) is 29.6 Å². The number of benzene rings is 1. The number of hydrogen-bond donors (Lipinski definition) is 1. The molecule has 0 saturated carbocycles. The van der Waals surface area contributed by atoms with Crippen LogP contribution >= 0.6 is 11.6 Å². The Balaban J connectivity index is 1.46. The van der Waals surface area contributed by atoms with Crippen LogP contribution in [0.5, 0.6) is 5.88 Å². The summed E-state index contributed by atoms with van der Waals surface area (Å²) in [6.45, 7) is 1.87. The lowest BCUT2D eigenvalue weighted by atomic mass is 10.1. The fraction of sp³-hybridized carbons (Fsp3) is 0.333. The van der Waals surface area contributed by atoms with Crippen molar-refractivity contribution in [3.05, 3.63) is 58.7 Å². The van der Waals surface area contributed by atoms with Gasteiger partial charge in [0.25, 0.3) is 5.91 Å². The van der Waals surface area contributed by atoms with Crippen LogP contribution in [0.2, 0.25) is 5.02 Å². The summed E-state index contributed by atoms with van der Waals surface area (Å²) in [5.41, 5.74) is 1.64. The highest BCUT2D eigenvalue weighted by Gasteiger charge is 2.17. The summed E-state index contributed by atoms with van der Waals surface area (Å²) in [6.07, 6.45) is 3.20. The van der Waals surface area contributed by atoms with Gasteiger partial charge in [-0.2, -0.15) is 0 Å². The van der Waals surface area contributed by atoms with E-state index in [-0.39, 0.29) is 12.0 Å². The molecule has 1 N–H and O–H groups in total. The fourth-order valence-electron chi connectivity index (χ4n) is 2.43. The lowest BCUT2D eigenvalue weighted by Crippen LogP contribution is -2.25. The van der Waals surface area contributed by atoms with Crippen molar-refractivity contribution in [2.75, 3.05) is 19.8 Å². The Morgan fingerprint density at radius 3 is 2.79 bits per heavy atom. The van der Waals surface area contributed by atoms with Crippen LogP contribution in [-0.2, 0) is 11.2 Å². The number of aromatic nitrogens is 1. The molecule has 2 heterocycles. The molecule has 0 radical (unpaired) electrons. The van der Waals surface area contributed by atoms with Gasteiger partial charge >= 0.3 is 0 Å². The van der Waals surface area contributed by atoms with Crippen molar-refractivity contribution in [3.8, 4) is 5.88 Å². The molecule has 1 saturated heterocycles. The number of nitrogens with one attached hydrogen (secondary N) is 1. The Bertz CT molecular complexity index is 668. The summed E-state index contributed by atoms with van der Waals surface area (Å²) in [5.74, 6) is 0.371. The molecule has 126 valence electrons. The summed E-state index contributed by atoms with van der Waals surface area (Å²) < 4.78 is 10.9. The van der Waals surface area contributed by atoms with Crippen molar-refractivity contribution in [2.24, 2.45) is 0 Å². The minimum absolute atomic E-state index is 0.0524. The molecule has 1 aromatic carbocycles. The molecule has 1 amide bonds. The molecule has 2 aromatic rings. The second kappa shape index (κ2) is 8.13. The Hall–Kier alpha value is -2.11. The molecular formula is C18H19ClN2O3. The quantitative estimate of drug-likeness (QED) is 0.873. The van der Waals surface area contributed by atoms with Crippen LogP contribution < -0.4 is 10.1 Å². The van der Waals surface area contributed by atoms with Crippen molar-refractivity contribution >= 4 is 17.5 Å². The number of hydrogen-bond acceptors (Lipinski definition) is 4. The van der Waals surface area contributed by atoms with E-state index in [1.807, 2.05) is 24.3 Å². The number of pyridine rings is 1. The second-order valence-corrected chi connectivity index (χ2v) is 6.06. The first kappa shape index (κ1) is 16.7. The van der Waals surface area contributed by atoms with Crippen molar-refractivity contribution in [1.82, 2.24) is 10.3 Å². The zero-order chi connectivity index (χ0) is 16.8. The lowest BCUT2D eigenvalue weighted by Gasteiger charge is -2.11. The van der Waals surface area contributed by atoms with E-state index >= 15 is 0 Å². The van der Waals surface area contributed by atoms with E-state index in [1.165, 1.54) is 6.20 Å². The van der Waals surface area contributed by atoms with Crippen molar-refractivity contribution in [2.45, 2.75) is 18.9 Å². The third-order valence-electron chi connectivity index (χ3n) is 3.79. The molecule has 1 aliphatic heterocycles. The molecule has 6 heteroatoms. The van der Waals surface area contributed by atoms with Gasteiger partial charge in [-0.05, 0) is 30.2 Å². The third kappa shape index (κ3) is 4.69. The number of halogens is 1. The Morgan fingerprint density at radius 1 is 1.29 bits per heavy atom. The third-order valence-corrected chi connectivity index (χ3v) is 4.04. The number of nitrogens with zero attached hydrogens (tertiary/aromatic N) is 1. The van der Waals surface area contributed by atoms with E-state index in [2.05, 4.69) is 10.3 Å². The monoisotopic (exact) mass is 346 g/mol. The molecule has 1 atom stereocenters. The van der Waals surface area contributed by atoms with Gasteiger partial charge in [0.05, 0.1) is 18.8 Å². The molecule has 5 nitrogen and oxygen atoms in total. The second-order valence-electron chi connectivity index (χ2n) is 5.62. The van der Waals surface area contributed by atoms with Crippen LogP contribution in [0.1, 0.15) is 22.3 Å². The normalized spacial score (nSPS) is 16.8. The lowest BCUT2D eigenvalue weighted by molar-refractivity contribution is 0.0953. The zero-order valence-corrected chi connectivity index (χ0v) is 14.0. The molecule has 0 bridgehead atoms. The van der Waals surface area contributed by atoms with Gasteiger partial charge in [-0.1, -0.05) is 23.7 Å². The average molecular weight is 347 g/mol. The predicted octanol–water partition coefficient (Wildman–Crippen LogP) is 2.88. The zero-order valence-electron chi connectivity index (χ0n) is 13.2. The van der Waals surface area contributed by atoms with Gasteiger partial charge in [0.2, 0.25) is 5.88 Å². The molecular weight excluding hydrogens is 328 g/mol. The highest BCUT2D eigenvalue weighted by atomic mass is 35.5. The number of rotatable bonds is 6. The van der Waals surface area contributed by atoms with E-state index in [4.69, 9.17) is 21.1 Å². The molecule has 0 spiro atoms. The SMILES string of the molecule is O=C(NCCc1ccc(Cl)cc1)c1ccc(OC2CCOC2)nc1. The maximum Gasteiger partial charge on any atom is 0.252 e. The topological polar surface area (TPSA) is 60.5 Å². The minimum Gasteiger partial charge on any atom is -0.472 e. The van der Waals surface area contributed by atoms with Gasteiger partial charge in [-0.15, -0.1) is 0 Å². The first-order valence-corrected chi connectivity index (χ1v) is 8.31.